The molecule has 0 heterocycles. The molecule has 1 aliphatic carbocycles. The van der Waals surface area contributed by atoms with E-state index in [2.05, 4.69) is 5.32 Å². The van der Waals surface area contributed by atoms with Gasteiger partial charge in [0.25, 0.3) is 5.91 Å². The van der Waals surface area contributed by atoms with Crippen LogP contribution in [0.2, 0.25) is 5.02 Å². The van der Waals surface area contributed by atoms with Crippen LogP contribution in [0.3, 0.4) is 0 Å². The number of hydrogen-bond acceptors (Lipinski definition) is 3. The van der Waals surface area contributed by atoms with Crippen molar-refractivity contribution in [3.05, 3.63) is 29.3 Å². The topological polar surface area (TPSA) is 38.3 Å². The Labute approximate surface area is 135 Å². The van der Waals surface area contributed by atoms with Crippen LogP contribution in [0, 0.1) is 0 Å². The van der Waals surface area contributed by atoms with Crippen molar-refractivity contribution in [3.63, 3.8) is 0 Å². The molecule has 1 fully saturated rings. The van der Waals surface area contributed by atoms with Gasteiger partial charge in [-0.25, -0.2) is 0 Å². The number of nitrogens with one attached hydrogen (secondary N) is 1. The van der Waals surface area contributed by atoms with Gasteiger partial charge in [-0.15, -0.1) is 0 Å². The summed E-state index contributed by atoms with van der Waals surface area (Å²) in [4.78, 5) is 12.0. The maximum Gasteiger partial charge on any atom is 0.260 e. The van der Waals surface area contributed by atoms with Crippen LogP contribution < -0.4 is 10.1 Å². The zero-order valence-corrected chi connectivity index (χ0v) is 13.9. The highest BCUT2D eigenvalue weighted by molar-refractivity contribution is 7.99. The van der Waals surface area contributed by atoms with Crippen molar-refractivity contribution in [2.45, 2.75) is 44.0 Å². The van der Waals surface area contributed by atoms with Gasteiger partial charge in [0.15, 0.2) is 6.10 Å². The Morgan fingerprint density at radius 2 is 2.24 bits per heavy atom. The van der Waals surface area contributed by atoms with Gasteiger partial charge in [0.2, 0.25) is 0 Å². The van der Waals surface area contributed by atoms with Gasteiger partial charge in [-0.1, -0.05) is 30.5 Å². The summed E-state index contributed by atoms with van der Waals surface area (Å²) in [7, 11) is 0. The minimum absolute atomic E-state index is 0.0815. The smallest absolute Gasteiger partial charge is 0.260 e. The Bertz CT molecular complexity index is 463. The van der Waals surface area contributed by atoms with E-state index in [9.17, 15) is 4.79 Å². The maximum atomic E-state index is 12.0. The highest BCUT2D eigenvalue weighted by atomic mass is 35.5. The van der Waals surface area contributed by atoms with Gasteiger partial charge in [0, 0.05) is 22.6 Å². The lowest BCUT2D eigenvalue weighted by molar-refractivity contribution is -0.127. The average Bonchev–Trinajstić information content (AvgIpc) is 2.96. The fourth-order valence-electron chi connectivity index (χ4n) is 2.40. The van der Waals surface area contributed by atoms with Gasteiger partial charge in [-0.05, 0) is 38.0 Å². The van der Waals surface area contributed by atoms with E-state index in [1.807, 2.05) is 11.8 Å². The molecule has 0 radical (unpaired) electrons. The highest BCUT2D eigenvalue weighted by Crippen LogP contribution is 2.28. The summed E-state index contributed by atoms with van der Waals surface area (Å²) in [5, 5.41) is 4.32. The van der Waals surface area contributed by atoms with E-state index in [1.165, 1.54) is 25.7 Å². The largest absolute Gasteiger partial charge is 0.481 e. The van der Waals surface area contributed by atoms with Gasteiger partial charge in [0.1, 0.15) is 5.75 Å². The molecule has 21 heavy (non-hydrogen) atoms. The Balaban J connectivity index is 1.65. The van der Waals surface area contributed by atoms with Crippen LogP contribution in [0.25, 0.3) is 0 Å². The Hall–Kier alpha value is -0.870. The van der Waals surface area contributed by atoms with E-state index in [1.54, 1.807) is 31.2 Å². The Morgan fingerprint density at radius 3 is 2.95 bits per heavy atom. The van der Waals surface area contributed by atoms with Crippen LogP contribution in [-0.4, -0.2) is 29.6 Å². The predicted molar refractivity (Wildman–Crippen MR) is 89.3 cm³/mol. The third-order valence-corrected chi connectivity index (χ3v) is 5.15. The molecule has 1 aromatic carbocycles. The van der Waals surface area contributed by atoms with Gasteiger partial charge in [0.05, 0.1) is 0 Å². The zero-order chi connectivity index (χ0) is 15.1. The molecule has 116 valence electrons. The molecular weight excluding hydrogens is 306 g/mol. The molecule has 1 aliphatic rings. The summed E-state index contributed by atoms with van der Waals surface area (Å²) < 4.78 is 5.58. The number of benzene rings is 1. The zero-order valence-electron chi connectivity index (χ0n) is 12.3. The molecule has 1 saturated carbocycles. The first-order valence-electron chi connectivity index (χ1n) is 7.46. The Kier molecular flexibility index (Phi) is 6.71. The predicted octanol–water partition coefficient (Wildman–Crippen LogP) is 3.90. The number of amides is 1. The van der Waals surface area contributed by atoms with Crippen LogP contribution in [0.1, 0.15) is 32.6 Å². The second kappa shape index (κ2) is 8.54. The summed E-state index contributed by atoms with van der Waals surface area (Å²) >= 11 is 7.86. The lowest BCUT2D eigenvalue weighted by Crippen LogP contribution is -2.37. The molecule has 5 heteroatoms. The molecule has 1 N–H and O–H groups in total. The van der Waals surface area contributed by atoms with E-state index in [0.717, 1.165) is 11.0 Å². The molecule has 1 atom stereocenters. The van der Waals surface area contributed by atoms with Crippen molar-refractivity contribution in [2.75, 3.05) is 12.3 Å². The number of hydrogen-bond donors (Lipinski definition) is 1. The summed E-state index contributed by atoms with van der Waals surface area (Å²) in [6.07, 6.45) is 4.85. The standard InChI is InChI=1S/C16H22ClNO2S/c1-12(20-14-6-4-5-13(17)11-14)16(19)18-9-10-21-15-7-2-3-8-15/h4-6,11-12,15H,2-3,7-10H2,1H3,(H,18,19). The number of halogens is 1. The normalized spacial score (nSPS) is 16.7. The molecule has 2 rings (SSSR count). The van der Waals surface area contributed by atoms with Gasteiger partial charge in [-0.3, -0.25) is 4.79 Å². The monoisotopic (exact) mass is 327 g/mol. The number of carbonyl (C=O) groups is 1. The van der Waals surface area contributed by atoms with E-state index < -0.39 is 6.10 Å². The first-order chi connectivity index (χ1) is 10.1. The third kappa shape index (κ3) is 5.79. The summed E-state index contributed by atoms with van der Waals surface area (Å²) in [5.74, 6) is 1.51. The van der Waals surface area contributed by atoms with Crippen molar-refractivity contribution in [3.8, 4) is 5.75 Å². The number of ether oxygens (including phenoxy) is 1. The van der Waals surface area contributed by atoms with Crippen molar-refractivity contribution >= 4 is 29.3 Å². The van der Waals surface area contributed by atoms with E-state index in [4.69, 9.17) is 16.3 Å². The molecule has 1 amide bonds. The minimum Gasteiger partial charge on any atom is -0.481 e. The van der Waals surface area contributed by atoms with Gasteiger partial charge < -0.3 is 10.1 Å². The van der Waals surface area contributed by atoms with E-state index >= 15 is 0 Å². The second-order valence-corrected chi connectivity index (χ2v) is 7.13. The fraction of sp³-hybridized carbons (Fsp3) is 0.562. The molecule has 0 saturated heterocycles. The van der Waals surface area contributed by atoms with Gasteiger partial charge >= 0.3 is 0 Å². The van der Waals surface area contributed by atoms with Crippen molar-refractivity contribution in [1.82, 2.24) is 5.32 Å². The van der Waals surface area contributed by atoms with E-state index in [0.29, 0.717) is 17.3 Å². The molecular formula is C16H22ClNO2S. The first-order valence-corrected chi connectivity index (χ1v) is 8.89. The van der Waals surface area contributed by atoms with Crippen LogP contribution in [0.15, 0.2) is 24.3 Å². The third-order valence-electron chi connectivity index (χ3n) is 3.54. The molecule has 3 nitrogen and oxygen atoms in total. The molecule has 0 aromatic heterocycles. The second-order valence-electron chi connectivity index (χ2n) is 5.29. The number of thioether (sulfide) groups is 1. The summed E-state index contributed by atoms with van der Waals surface area (Å²) in [6.45, 7) is 2.45. The molecule has 1 aromatic rings. The van der Waals surface area contributed by atoms with Crippen molar-refractivity contribution < 1.29 is 9.53 Å². The minimum atomic E-state index is -0.514. The van der Waals surface area contributed by atoms with Crippen LogP contribution in [0.5, 0.6) is 5.75 Å². The lowest BCUT2D eigenvalue weighted by atomic mass is 10.3. The molecule has 1 unspecified atom stereocenters. The highest BCUT2D eigenvalue weighted by Gasteiger charge is 2.16. The number of rotatable bonds is 7. The molecule has 0 bridgehead atoms. The van der Waals surface area contributed by atoms with Crippen LogP contribution >= 0.6 is 23.4 Å². The number of carbonyl (C=O) groups excluding carboxylic acids is 1. The van der Waals surface area contributed by atoms with Crippen LogP contribution in [0.4, 0.5) is 0 Å². The first kappa shape index (κ1) is 16.5. The van der Waals surface area contributed by atoms with Crippen LogP contribution in [-0.2, 0) is 4.79 Å². The summed E-state index contributed by atoms with van der Waals surface area (Å²) in [6, 6.07) is 7.09. The fourth-order valence-corrected chi connectivity index (χ4v) is 3.80. The van der Waals surface area contributed by atoms with Crippen molar-refractivity contribution in [1.29, 1.82) is 0 Å². The maximum absolute atomic E-state index is 12.0. The Morgan fingerprint density at radius 1 is 1.48 bits per heavy atom. The SMILES string of the molecule is CC(Oc1cccc(Cl)c1)C(=O)NCCSC1CCCC1. The van der Waals surface area contributed by atoms with Gasteiger partial charge in [-0.2, -0.15) is 11.8 Å². The van der Waals surface area contributed by atoms with Crippen molar-refractivity contribution in [2.24, 2.45) is 0 Å². The quantitative estimate of drug-likeness (QED) is 0.772. The average molecular weight is 328 g/mol. The molecule has 0 aliphatic heterocycles. The lowest BCUT2D eigenvalue weighted by Gasteiger charge is -2.15. The molecule has 0 spiro atoms. The van der Waals surface area contributed by atoms with E-state index in [-0.39, 0.29) is 5.91 Å². The summed E-state index contributed by atoms with van der Waals surface area (Å²) in [5.41, 5.74) is 0.